The molecule has 0 spiro atoms. The van der Waals surface area contributed by atoms with Gasteiger partial charge in [0.2, 0.25) is 0 Å². The second-order valence-electron chi connectivity index (χ2n) is 5.50. The molecule has 0 saturated heterocycles. The zero-order valence-electron chi connectivity index (χ0n) is 13.8. The van der Waals surface area contributed by atoms with E-state index in [1.807, 2.05) is 32.9 Å². The van der Waals surface area contributed by atoms with Gasteiger partial charge in [0, 0.05) is 0 Å². The highest BCUT2D eigenvalue weighted by atomic mass is 35.5. The van der Waals surface area contributed by atoms with E-state index in [2.05, 4.69) is 10.9 Å². The van der Waals surface area contributed by atoms with E-state index in [1.54, 1.807) is 24.3 Å². The van der Waals surface area contributed by atoms with Crippen LogP contribution in [0.5, 0.6) is 5.75 Å². The number of carbonyl (C=O) groups is 2. The maximum atomic E-state index is 11.9. The van der Waals surface area contributed by atoms with Crippen LogP contribution < -0.4 is 15.6 Å². The highest BCUT2D eigenvalue weighted by molar-refractivity contribution is 6.33. The lowest BCUT2D eigenvalue weighted by Crippen LogP contribution is -2.44. The molecule has 2 amide bonds. The lowest BCUT2D eigenvalue weighted by atomic mass is 10.1. The minimum absolute atomic E-state index is 0.201. The third kappa shape index (κ3) is 4.49. The van der Waals surface area contributed by atoms with Crippen LogP contribution in [-0.4, -0.2) is 18.4 Å². The van der Waals surface area contributed by atoms with E-state index < -0.39 is 11.8 Å². The molecule has 0 saturated carbocycles. The summed E-state index contributed by atoms with van der Waals surface area (Å²) >= 11 is 5.92. The summed E-state index contributed by atoms with van der Waals surface area (Å²) in [5.41, 5.74) is 7.95. The first-order valence-corrected chi connectivity index (χ1v) is 7.80. The van der Waals surface area contributed by atoms with Crippen molar-refractivity contribution in [3.05, 3.63) is 63.7 Å². The van der Waals surface area contributed by atoms with E-state index in [0.29, 0.717) is 10.8 Å². The SMILES string of the molecule is Cc1cc(C)c(OCC(=O)NNC(=O)c2ccccc2Cl)c(C)c1. The number of nitrogens with one attached hydrogen (secondary N) is 2. The standard InChI is InChI=1S/C18H19ClN2O3/c1-11-8-12(2)17(13(3)9-11)24-10-16(22)20-21-18(23)14-6-4-5-7-15(14)19/h4-9H,10H2,1-3H3,(H,20,22)(H,21,23). The molecular weight excluding hydrogens is 328 g/mol. The summed E-state index contributed by atoms with van der Waals surface area (Å²) in [6.45, 7) is 5.65. The number of benzene rings is 2. The van der Waals surface area contributed by atoms with E-state index in [1.165, 1.54) is 0 Å². The first-order valence-electron chi connectivity index (χ1n) is 7.43. The molecule has 2 rings (SSSR count). The number of hydrazine groups is 1. The summed E-state index contributed by atoms with van der Waals surface area (Å²) in [5, 5.41) is 0.311. The molecule has 0 fully saturated rings. The number of carbonyl (C=O) groups excluding carboxylic acids is 2. The highest BCUT2D eigenvalue weighted by Crippen LogP contribution is 2.24. The van der Waals surface area contributed by atoms with Crippen LogP contribution in [0.25, 0.3) is 0 Å². The zero-order valence-corrected chi connectivity index (χ0v) is 14.5. The smallest absolute Gasteiger partial charge is 0.276 e. The third-order valence-electron chi connectivity index (χ3n) is 3.39. The molecule has 2 aromatic rings. The van der Waals surface area contributed by atoms with Crippen molar-refractivity contribution in [2.75, 3.05) is 6.61 Å². The first-order chi connectivity index (χ1) is 11.4. The van der Waals surface area contributed by atoms with Gasteiger partial charge in [0.25, 0.3) is 11.8 Å². The van der Waals surface area contributed by atoms with Crippen LogP contribution in [0.2, 0.25) is 5.02 Å². The molecule has 0 aromatic heterocycles. The van der Waals surface area contributed by atoms with Gasteiger partial charge >= 0.3 is 0 Å². The number of hydrogen-bond donors (Lipinski definition) is 2. The highest BCUT2D eigenvalue weighted by Gasteiger charge is 2.12. The molecular formula is C18H19ClN2O3. The second kappa shape index (κ2) is 7.84. The van der Waals surface area contributed by atoms with Gasteiger partial charge in [-0.3, -0.25) is 20.4 Å². The maximum absolute atomic E-state index is 11.9. The minimum Gasteiger partial charge on any atom is -0.483 e. The topological polar surface area (TPSA) is 67.4 Å². The van der Waals surface area contributed by atoms with E-state index in [-0.39, 0.29) is 12.2 Å². The molecule has 5 nitrogen and oxygen atoms in total. The van der Waals surface area contributed by atoms with Crippen LogP contribution in [0.3, 0.4) is 0 Å². The summed E-state index contributed by atoms with van der Waals surface area (Å²) in [6, 6.07) is 10.6. The number of ether oxygens (including phenoxy) is 1. The van der Waals surface area contributed by atoms with Crippen LogP contribution in [-0.2, 0) is 4.79 Å². The Kier molecular flexibility index (Phi) is 5.82. The number of rotatable bonds is 4. The minimum atomic E-state index is -0.489. The van der Waals surface area contributed by atoms with Gasteiger partial charge in [-0.2, -0.15) is 0 Å². The summed E-state index contributed by atoms with van der Waals surface area (Å²) in [5.74, 6) is -0.278. The fourth-order valence-electron chi connectivity index (χ4n) is 2.41. The van der Waals surface area contributed by atoms with Crippen LogP contribution in [0, 0.1) is 20.8 Å². The molecule has 0 atom stereocenters. The van der Waals surface area contributed by atoms with Crippen LogP contribution in [0.4, 0.5) is 0 Å². The quantitative estimate of drug-likeness (QED) is 0.836. The molecule has 6 heteroatoms. The molecule has 0 unspecified atom stereocenters. The summed E-state index contributed by atoms with van der Waals surface area (Å²) < 4.78 is 5.56. The van der Waals surface area contributed by atoms with E-state index >= 15 is 0 Å². The molecule has 0 radical (unpaired) electrons. The summed E-state index contributed by atoms with van der Waals surface area (Å²) in [6.07, 6.45) is 0. The van der Waals surface area contributed by atoms with E-state index in [0.717, 1.165) is 16.7 Å². The third-order valence-corrected chi connectivity index (χ3v) is 3.72. The lowest BCUT2D eigenvalue weighted by Gasteiger charge is -2.13. The van der Waals surface area contributed by atoms with Gasteiger partial charge in [-0.25, -0.2) is 0 Å². The Bertz CT molecular complexity index is 752. The monoisotopic (exact) mass is 346 g/mol. The van der Waals surface area contributed by atoms with Crippen molar-refractivity contribution in [2.45, 2.75) is 20.8 Å². The Hall–Kier alpha value is -2.53. The Balaban J connectivity index is 1.88. The molecule has 0 bridgehead atoms. The van der Waals surface area contributed by atoms with Crippen molar-refractivity contribution >= 4 is 23.4 Å². The summed E-state index contributed by atoms with van der Waals surface area (Å²) in [7, 11) is 0. The zero-order chi connectivity index (χ0) is 17.7. The molecule has 0 aliphatic heterocycles. The normalized spacial score (nSPS) is 10.2. The Labute approximate surface area is 145 Å². The molecule has 0 heterocycles. The largest absolute Gasteiger partial charge is 0.483 e. The lowest BCUT2D eigenvalue weighted by molar-refractivity contribution is -0.123. The van der Waals surface area contributed by atoms with Crippen LogP contribution in [0.15, 0.2) is 36.4 Å². The first kappa shape index (κ1) is 17.8. The average molecular weight is 347 g/mol. The van der Waals surface area contributed by atoms with Crippen molar-refractivity contribution < 1.29 is 14.3 Å². The molecule has 0 aliphatic carbocycles. The van der Waals surface area contributed by atoms with Gasteiger partial charge in [0.05, 0.1) is 10.6 Å². The predicted octanol–water partition coefficient (Wildman–Crippen LogP) is 3.11. The van der Waals surface area contributed by atoms with Crippen molar-refractivity contribution in [1.29, 1.82) is 0 Å². The van der Waals surface area contributed by atoms with Crippen LogP contribution >= 0.6 is 11.6 Å². The number of hydrogen-bond acceptors (Lipinski definition) is 3. The van der Waals surface area contributed by atoms with Gasteiger partial charge in [0.15, 0.2) is 6.61 Å². The van der Waals surface area contributed by atoms with E-state index in [9.17, 15) is 9.59 Å². The van der Waals surface area contributed by atoms with Crippen molar-refractivity contribution in [2.24, 2.45) is 0 Å². The molecule has 2 aromatic carbocycles. The number of halogens is 1. The fraction of sp³-hybridized carbons (Fsp3) is 0.222. The number of aryl methyl sites for hydroxylation is 3. The van der Waals surface area contributed by atoms with Gasteiger partial charge in [-0.15, -0.1) is 0 Å². The van der Waals surface area contributed by atoms with Gasteiger partial charge < -0.3 is 4.74 Å². The van der Waals surface area contributed by atoms with Crippen molar-refractivity contribution in [3.8, 4) is 5.75 Å². The average Bonchev–Trinajstić information content (AvgIpc) is 2.52. The van der Waals surface area contributed by atoms with Crippen molar-refractivity contribution in [3.63, 3.8) is 0 Å². The van der Waals surface area contributed by atoms with Gasteiger partial charge in [-0.1, -0.05) is 41.4 Å². The van der Waals surface area contributed by atoms with Crippen LogP contribution in [0.1, 0.15) is 27.0 Å². The molecule has 2 N–H and O–H groups in total. The van der Waals surface area contributed by atoms with Gasteiger partial charge in [-0.05, 0) is 44.0 Å². The molecule has 0 aliphatic rings. The fourth-order valence-corrected chi connectivity index (χ4v) is 2.63. The Morgan fingerprint density at radius 1 is 1.04 bits per heavy atom. The van der Waals surface area contributed by atoms with E-state index in [4.69, 9.17) is 16.3 Å². The summed E-state index contributed by atoms with van der Waals surface area (Å²) in [4.78, 5) is 23.8. The molecule has 24 heavy (non-hydrogen) atoms. The second-order valence-corrected chi connectivity index (χ2v) is 5.91. The predicted molar refractivity (Wildman–Crippen MR) is 93.2 cm³/mol. The Morgan fingerprint density at radius 2 is 1.67 bits per heavy atom. The Morgan fingerprint density at radius 3 is 2.29 bits per heavy atom. The maximum Gasteiger partial charge on any atom is 0.276 e. The van der Waals surface area contributed by atoms with Crippen molar-refractivity contribution in [1.82, 2.24) is 10.9 Å². The van der Waals surface area contributed by atoms with Gasteiger partial charge in [0.1, 0.15) is 5.75 Å². The number of amides is 2. The molecule has 126 valence electrons.